The van der Waals surface area contributed by atoms with E-state index in [0.29, 0.717) is 31.7 Å². The van der Waals surface area contributed by atoms with Crippen LogP contribution in [0, 0.1) is 18.3 Å². The zero-order valence-corrected chi connectivity index (χ0v) is 12.3. The number of methoxy groups -OCH3 is 1. The van der Waals surface area contributed by atoms with E-state index in [2.05, 4.69) is 11.4 Å². The van der Waals surface area contributed by atoms with Gasteiger partial charge in [0.05, 0.1) is 19.1 Å². The number of hydrogen-bond donors (Lipinski definition) is 1. The van der Waals surface area contributed by atoms with Gasteiger partial charge in [0.1, 0.15) is 0 Å². The van der Waals surface area contributed by atoms with Crippen molar-refractivity contribution in [3.63, 3.8) is 0 Å². The van der Waals surface area contributed by atoms with E-state index in [0.717, 1.165) is 11.3 Å². The molecule has 1 rings (SSSR count). The maximum absolute atomic E-state index is 12.5. The van der Waals surface area contributed by atoms with Crippen molar-refractivity contribution in [1.29, 1.82) is 5.26 Å². The molecule has 0 aromatic heterocycles. The summed E-state index contributed by atoms with van der Waals surface area (Å²) in [5.41, 5.74) is 2.55. The first kappa shape index (κ1) is 16.0. The Kier molecular flexibility index (Phi) is 6.54. The zero-order chi connectivity index (χ0) is 15.0. The third-order valence-electron chi connectivity index (χ3n) is 3.09. The molecule has 0 aliphatic rings. The monoisotopic (exact) mass is 275 g/mol. The van der Waals surface area contributed by atoms with Gasteiger partial charge in [0.25, 0.3) is 5.91 Å². The number of rotatable bonds is 7. The summed E-state index contributed by atoms with van der Waals surface area (Å²) in [4.78, 5) is 14.2. The quantitative estimate of drug-likeness (QED) is 0.827. The van der Waals surface area contributed by atoms with Gasteiger partial charge >= 0.3 is 0 Å². The number of anilines is 1. The van der Waals surface area contributed by atoms with Gasteiger partial charge in [-0.1, -0.05) is 0 Å². The molecule has 108 valence electrons. The summed E-state index contributed by atoms with van der Waals surface area (Å²) < 4.78 is 5.02. The summed E-state index contributed by atoms with van der Waals surface area (Å²) in [6.45, 7) is 3.29. The average molecular weight is 275 g/mol. The second-order valence-corrected chi connectivity index (χ2v) is 4.47. The van der Waals surface area contributed by atoms with Gasteiger partial charge in [0.2, 0.25) is 0 Å². The van der Waals surface area contributed by atoms with Crippen molar-refractivity contribution < 1.29 is 9.53 Å². The fraction of sp³-hybridized carbons (Fsp3) is 0.467. The van der Waals surface area contributed by atoms with Crippen molar-refractivity contribution >= 4 is 11.6 Å². The molecule has 0 aliphatic carbocycles. The Balaban J connectivity index is 2.90. The topological polar surface area (TPSA) is 65.4 Å². The second-order valence-electron chi connectivity index (χ2n) is 4.47. The van der Waals surface area contributed by atoms with Crippen molar-refractivity contribution in [1.82, 2.24) is 4.90 Å². The number of aryl methyl sites for hydroxylation is 1. The molecular formula is C15H21N3O2. The first-order valence-corrected chi connectivity index (χ1v) is 6.57. The molecule has 0 saturated heterocycles. The van der Waals surface area contributed by atoms with Crippen LogP contribution in [-0.2, 0) is 4.74 Å². The Morgan fingerprint density at radius 2 is 2.20 bits per heavy atom. The van der Waals surface area contributed by atoms with Crippen molar-refractivity contribution in [2.75, 3.05) is 39.2 Å². The van der Waals surface area contributed by atoms with Crippen LogP contribution in [-0.4, -0.2) is 44.7 Å². The zero-order valence-electron chi connectivity index (χ0n) is 12.3. The molecule has 1 aromatic rings. The molecule has 0 unspecified atom stereocenters. The molecular weight excluding hydrogens is 254 g/mol. The maximum Gasteiger partial charge on any atom is 0.254 e. The lowest BCUT2D eigenvalue weighted by Crippen LogP contribution is -2.35. The van der Waals surface area contributed by atoms with Crippen LogP contribution in [0.1, 0.15) is 22.3 Å². The van der Waals surface area contributed by atoms with Crippen molar-refractivity contribution in [2.24, 2.45) is 0 Å². The molecule has 5 heteroatoms. The van der Waals surface area contributed by atoms with E-state index < -0.39 is 0 Å². The normalized spacial score (nSPS) is 9.90. The van der Waals surface area contributed by atoms with Crippen LogP contribution < -0.4 is 5.32 Å². The number of benzene rings is 1. The SMILES string of the molecule is CNc1ccc(C(=O)N(CCC#N)CCOC)c(C)c1. The van der Waals surface area contributed by atoms with Gasteiger partial charge in [-0.05, 0) is 30.7 Å². The van der Waals surface area contributed by atoms with E-state index in [1.54, 1.807) is 12.0 Å². The number of ether oxygens (including phenoxy) is 1. The molecule has 0 fully saturated rings. The average Bonchev–Trinajstić information content (AvgIpc) is 2.46. The molecule has 0 heterocycles. The third kappa shape index (κ3) is 4.25. The van der Waals surface area contributed by atoms with Crippen LogP contribution in [0.2, 0.25) is 0 Å². The van der Waals surface area contributed by atoms with Crippen molar-refractivity contribution in [2.45, 2.75) is 13.3 Å². The second kappa shape index (κ2) is 8.18. The fourth-order valence-corrected chi connectivity index (χ4v) is 1.93. The van der Waals surface area contributed by atoms with E-state index in [-0.39, 0.29) is 5.91 Å². The van der Waals surface area contributed by atoms with Crippen molar-refractivity contribution in [3.05, 3.63) is 29.3 Å². The van der Waals surface area contributed by atoms with Crippen LogP contribution in [0.5, 0.6) is 0 Å². The van der Waals surface area contributed by atoms with Gasteiger partial charge < -0.3 is 15.0 Å². The van der Waals surface area contributed by atoms with Gasteiger partial charge in [0.15, 0.2) is 0 Å². The maximum atomic E-state index is 12.5. The minimum Gasteiger partial charge on any atom is -0.388 e. The number of carbonyl (C=O) groups excluding carboxylic acids is 1. The van der Waals surface area contributed by atoms with Crippen LogP contribution in [0.4, 0.5) is 5.69 Å². The first-order chi connectivity index (χ1) is 9.63. The molecule has 0 aliphatic heterocycles. The van der Waals surface area contributed by atoms with E-state index >= 15 is 0 Å². The van der Waals surface area contributed by atoms with Crippen LogP contribution >= 0.6 is 0 Å². The first-order valence-electron chi connectivity index (χ1n) is 6.57. The van der Waals surface area contributed by atoms with Gasteiger partial charge in [-0.2, -0.15) is 5.26 Å². The Morgan fingerprint density at radius 1 is 1.45 bits per heavy atom. The summed E-state index contributed by atoms with van der Waals surface area (Å²) in [6.07, 6.45) is 0.323. The summed E-state index contributed by atoms with van der Waals surface area (Å²) in [5.74, 6) is -0.0579. The Hall–Kier alpha value is -2.06. The Morgan fingerprint density at radius 3 is 2.75 bits per heavy atom. The van der Waals surface area contributed by atoms with E-state index in [4.69, 9.17) is 10.00 Å². The number of nitriles is 1. The highest BCUT2D eigenvalue weighted by Gasteiger charge is 2.17. The minimum absolute atomic E-state index is 0.0579. The molecule has 0 saturated carbocycles. The lowest BCUT2D eigenvalue weighted by atomic mass is 10.1. The molecule has 1 N–H and O–H groups in total. The predicted octanol–water partition coefficient (Wildman–Crippen LogP) is 2.04. The van der Waals surface area contributed by atoms with Gasteiger partial charge in [-0.25, -0.2) is 0 Å². The molecule has 20 heavy (non-hydrogen) atoms. The van der Waals surface area contributed by atoms with Gasteiger partial charge in [-0.3, -0.25) is 4.79 Å². The Labute approximate surface area is 120 Å². The van der Waals surface area contributed by atoms with Gasteiger partial charge in [0, 0.05) is 38.5 Å². The summed E-state index contributed by atoms with van der Waals surface area (Å²) >= 11 is 0. The minimum atomic E-state index is -0.0579. The number of amides is 1. The van der Waals surface area contributed by atoms with Crippen molar-refractivity contribution in [3.8, 4) is 6.07 Å². The molecule has 5 nitrogen and oxygen atoms in total. The van der Waals surface area contributed by atoms with Gasteiger partial charge in [-0.15, -0.1) is 0 Å². The predicted molar refractivity (Wildman–Crippen MR) is 78.7 cm³/mol. The van der Waals surface area contributed by atoms with E-state index in [1.807, 2.05) is 32.2 Å². The molecule has 1 amide bonds. The number of nitrogens with one attached hydrogen (secondary N) is 1. The van der Waals surface area contributed by atoms with E-state index in [9.17, 15) is 4.79 Å². The smallest absolute Gasteiger partial charge is 0.254 e. The number of carbonyl (C=O) groups is 1. The molecule has 0 bridgehead atoms. The summed E-state index contributed by atoms with van der Waals surface area (Å²) in [5, 5.41) is 11.7. The highest BCUT2D eigenvalue weighted by atomic mass is 16.5. The molecule has 0 spiro atoms. The standard InChI is InChI=1S/C15H21N3O2/c1-12-11-13(17-2)5-6-14(12)15(19)18(8-4-7-16)9-10-20-3/h5-6,11,17H,4,8-10H2,1-3H3. The fourth-order valence-electron chi connectivity index (χ4n) is 1.93. The molecule has 1 aromatic carbocycles. The van der Waals surface area contributed by atoms with Crippen LogP contribution in [0.3, 0.4) is 0 Å². The Bertz CT molecular complexity index is 494. The summed E-state index contributed by atoms with van der Waals surface area (Å²) in [6, 6.07) is 7.69. The highest BCUT2D eigenvalue weighted by molar-refractivity contribution is 5.96. The van der Waals surface area contributed by atoms with E-state index in [1.165, 1.54) is 0 Å². The molecule has 0 radical (unpaired) electrons. The van der Waals surface area contributed by atoms with Crippen LogP contribution in [0.15, 0.2) is 18.2 Å². The molecule has 0 atom stereocenters. The van der Waals surface area contributed by atoms with Crippen LogP contribution in [0.25, 0.3) is 0 Å². The highest BCUT2D eigenvalue weighted by Crippen LogP contribution is 2.16. The lowest BCUT2D eigenvalue weighted by molar-refractivity contribution is 0.0699. The number of nitrogens with zero attached hydrogens (tertiary/aromatic N) is 2. The summed E-state index contributed by atoms with van der Waals surface area (Å²) in [7, 11) is 3.44. The lowest BCUT2D eigenvalue weighted by Gasteiger charge is -2.22. The number of hydrogen-bond acceptors (Lipinski definition) is 4. The third-order valence-corrected chi connectivity index (χ3v) is 3.09. The largest absolute Gasteiger partial charge is 0.388 e.